The Bertz CT molecular complexity index is 608. The first-order chi connectivity index (χ1) is 11.5. The fourth-order valence-corrected chi connectivity index (χ4v) is 2.27. The van der Waals surface area contributed by atoms with Crippen LogP contribution >= 0.6 is 0 Å². The standard InChI is InChI=1S/C17H22N2O5/c1-3-24-14(20)12-4-6-13(7-5-12)19-16(22)17(8-9-17)15(21)18-10-11-23-2/h4-7H,3,8-11H2,1-2H3,(H,18,21)(H,19,22). The molecule has 0 unspecified atom stereocenters. The number of ether oxygens (including phenoxy) is 2. The lowest BCUT2D eigenvalue weighted by Gasteiger charge is -2.15. The number of esters is 1. The van der Waals surface area contributed by atoms with Crippen LogP contribution in [-0.2, 0) is 19.1 Å². The van der Waals surface area contributed by atoms with Crippen molar-refractivity contribution in [2.45, 2.75) is 19.8 Å². The maximum Gasteiger partial charge on any atom is 0.338 e. The Balaban J connectivity index is 1.94. The molecule has 2 amide bonds. The second kappa shape index (κ2) is 7.92. The minimum absolute atomic E-state index is 0.278. The Morgan fingerprint density at radius 3 is 2.33 bits per heavy atom. The number of anilines is 1. The van der Waals surface area contributed by atoms with Crippen LogP contribution in [0.3, 0.4) is 0 Å². The molecule has 0 saturated heterocycles. The van der Waals surface area contributed by atoms with Crippen molar-refractivity contribution in [2.75, 3.05) is 32.2 Å². The Hall–Kier alpha value is -2.41. The molecule has 2 rings (SSSR count). The van der Waals surface area contributed by atoms with E-state index in [1.165, 1.54) is 0 Å². The molecular formula is C17H22N2O5. The molecule has 1 fully saturated rings. The van der Waals surface area contributed by atoms with Crippen LogP contribution in [0.15, 0.2) is 24.3 Å². The summed E-state index contributed by atoms with van der Waals surface area (Å²) < 4.78 is 9.78. The first kappa shape index (κ1) is 17.9. The Kier molecular flexibility index (Phi) is 5.92. The van der Waals surface area contributed by atoms with E-state index >= 15 is 0 Å². The van der Waals surface area contributed by atoms with E-state index in [0.29, 0.717) is 43.9 Å². The monoisotopic (exact) mass is 334 g/mol. The van der Waals surface area contributed by atoms with Crippen LogP contribution in [0.25, 0.3) is 0 Å². The van der Waals surface area contributed by atoms with Gasteiger partial charge in [-0.15, -0.1) is 0 Å². The predicted octanol–water partition coefficient (Wildman–Crippen LogP) is 1.34. The van der Waals surface area contributed by atoms with E-state index in [4.69, 9.17) is 9.47 Å². The average molecular weight is 334 g/mol. The predicted molar refractivity (Wildman–Crippen MR) is 87.6 cm³/mol. The van der Waals surface area contributed by atoms with E-state index in [0.717, 1.165) is 0 Å². The topological polar surface area (TPSA) is 93.7 Å². The van der Waals surface area contributed by atoms with Gasteiger partial charge in [-0.3, -0.25) is 9.59 Å². The molecular weight excluding hydrogens is 312 g/mol. The zero-order valence-corrected chi connectivity index (χ0v) is 13.9. The Morgan fingerprint density at radius 2 is 1.79 bits per heavy atom. The second-order valence-electron chi connectivity index (χ2n) is 5.58. The molecule has 0 spiro atoms. The van der Waals surface area contributed by atoms with Gasteiger partial charge < -0.3 is 20.1 Å². The van der Waals surface area contributed by atoms with Gasteiger partial charge in [0, 0.05) is 19.3 Å². The molecule has 2 N–H and O–H groups in total. The first-order valence-electron chi connectivity index (χ1n) is 7.89. The molecule has 0 atom stereocenters. The number of hydrogen-bond donors (Lipinski definition) is 2. The maximum absolute atomic E-state index is 12.4. The van der Waals surface area contributed by atoms with Crippen molar-refractivity contribution in [3.05, 3.63) is 29.8 Å². The molecule has 0 radical (unpaired) electrons. The highest BCUT2D eigenvalue weighted by molar-refractivity contribution is 6.13. The van der Waals surface area contributed by atoms with Crippen molar-refractivity contribution in [1.82, 2.24) is 5.32 Å². The number of methoxy groups -OCH3 is 1. The van der Waals surface area contributed by atoms with Gasteiger partial charge in [0.05, 0.1) is 18.8 Å². The molecule has 7 heteroatoms. The third-order valence-corrected chi connectivity index (χ3v) is 3.86. The summed E-state index contributed by atoms with van der Waals surface area (Å²) in [7, 11) is 1.55. The third-order valence-electron chi connectivity index (χ3n) is 3.86. The number of amides is 2. The van der Waals surface area contributed by atoms with Crippen molar-refractivity contribution in [1.29, 1.82) is 0 Å². The second-order valence-corrected chi connectivity index (χ2v) is 5.58. The van der Waals surface area contributed by atoms with Crippen molar-refractivity contribution in [2.24, 2.45) is 5.41 Å². The minimum atomic E-state index is -0.993. The summed E-state index contributed by atoms with van der Waals surface area (Å²) in [6, 6.07) is 6.38. The van der Waals surface area contributed by atoms with E-state index in [-0.39, 0.29) is 11.8 Å². The van der Waals surface area contributed by atoms with Crippen LogP contribution in [0.1, 0.15) is 30.1 Å². The normalized spacial score (nSPS) is 14.6. The van der Waals surface area contributed by atoms with Crippen LogP contribution in [-0.4, -0.2) is 44.7 Å². The van der Waals surface area contributed by atoms with Gasteiger partial charge in [0.15, 0.2) is 0 Å². The summed E-state index contributed by atoms with van der Waals surface area (Å²) in [5.74, 6) is -1.02. The molecule has 1 aromatic rings. The van der Waals surface area contributed by atoms with Gasteiger partial charge in [0.1, 0.15) is 5.41 Å². The van der Waals surface area contributed by atoms with Crippen LogP contribution in [0.5, 0.6) is 0 Å². The highest BCUT2D eigenvalue weighted by Crippen LogP contribution is 2.46. The quantitative estimate of drug-likeness (QED) is 0.425. The number of rotatable bonds is 8. The third kappa shape index (κ3) is 4.11. The van der Waals surface area contributed by atoms with Gasteiger partial charge in [0.2, 0.25) is 11.8 Å². The summed E-state index contributed by atoms with van der Waals surface area (Å²) in [6.45, 7) is 2.81. The van der Waals surface area contributed by atoms with Crippen molar-refractivity contribution >= 4 is 23.5 Å². The van der Waals surface area contributed by atoms with Crippen molar-refractivity contribution < 1.29 is 23.9 Å². The number of nitrogens with one attached hydrogen (secondary N) is 2. The number of benzene rings is 1. The number of hydrogen-bond acceptors (Lipinski definition) is 5. The van der Waals surface area contributed by atoms with Crippen LogP contribution < -0.4 is 10.6 Å². The molecule has 24 heavy (non-hydrogen) atoms. The zero-order chi connectivity index (χ0) is 17.6. The summed E-state index contributed by atoms with van der Waals surface area (Å²) >= 11 is 0. The molecule has 130 valence electrons. The molecule has 7 nitrogen and oxygen atoms in total. The first-order valence-corrected chi connectivity index (χ1v) is 7.89. The molecule has 0 heterocycles. The summed E-state index contributed by atoms with van der Waals surface area (Å²) in [5.41, 5.74) is -0.0506. The van der Waals surface area contributed by atoms with Crippen molar-refractivity contribution in [3.63, 3.8) is 0 Å². The van der Waals surface area contributed by atoms with Crippen LogP contribution in [0, 0.1) is 5.41 Å². The van der Waals surface area contributed by atoms with Gasteiger partial charge in [-0.05, 0) is 44.0 Å². The van der Waals surface area contributed by atoms with E-state index in [1.807, 2.05) is 0 Å². The lowest BCUT2D eigenvalue weighted by molar-refractivity contribution is -0.134. The Labute approximate surface area is 140 Å². The minimum Gasteiger partial charge on any atom is -0.462 e. The highest BCUT2D eigenvalue weighted by atomic mass is 16.5. The molecule has 0 bridgehead atoms. The zero-order valence-electron chi connectivity index (χ0n) is 13.9. The largest absolute Gasteiger partial charge is 0.462 e. The van der Waals surface area contributed by atoms with Gasteiger partial charge in [-0.1, -0.05) is 0 Å². The summed E-state index contributed by atoms with van der Waals surface area (Å²) in [6.07, 6.45) is 1.05. The smallest absolute Gasteiger partial charge is 0.338 e. The summed E-state index contributed by atoms with van der Waals surface area (Å²) in [5, 5.41) is 5.44. The van der Waals surface area contributed by atoms with E-state index < -0.39 is 11.4 Å². The van der Waals surface area contributed by atoms with Gasteiger partial charge >= 0.3 is 5.97 Å². The lowest BCUT2D eigenvalue weighted by Crippen LogP contribution is -2.41. The SMILES string of the molecule is CCOC(=O)c1ccc(NC(=O)C2(C(=O)NCCOC)CC2)cc1. The van der Waals surface area contributed by atoms with Gasteiger partial charge in [-0.2, -0.15) is 0 Å². The van der Waals surface area contributed by atoms with E-state index in [1.54, 1.807) is 38.3 Å². The molecule has 1 aliphatic rings. The number of carbonyl (C=O) groups excluding carboxylic acids is 3. The molecule has 1 aromatic carbocycles. The Morgan fingerprint density at radius 1 is 1.12 bits per heavy atom. The molecule has 0 aromatic heterocycles. The fraction of sp³-hybridized carbons (Fsp3) is 0.471. The maximum atomic E-state index is 12.4. The van der Waals surface area contributed by atoms with Gasteiger partial charge in [0.25, 0.3) is 0 Å². The molecule has 1 saturated carbocycles. The molecule has 1 aliphatic carbocycles. The van der Waals surface area contributed by atoms with Crippen molar-refractivity contribution in [3.8, 4) is 0 Å². The average Bonchev–Trinajstić information content (AvgIpc) is 3.38. The number of carbonyl (C=O) groups is 3. The van der Waals surface area contributed by atoms with Crippen LogP contribution in [0.4, 0.5) is 5.69 Å². The summed E-state index contributed by atoms with van der Waals surface area (Å²) in [4.78, 5) is 36.1. The van der Waals surface area contributed by atoms with E-state index in [9.17, 15) is 14.4 Å². The van der Waals surface area contributed by atoms with Gasteiger partial charge in [-0.25, -0.2) is 4.79 Å². The van der Waals surface area contributed by atoms with Crippen LogP contribution in [0.2, 0.25) is 0 Å². The highest BCUT2D eigenvalue weighted by Gasteiger charge is 2.56. The lowest BCUT2D eigenvalue weighted by atomic mass is 10.0. The van der Waals surface area contributed by atoms with E-state index in [2.05, 4.69) is 10.6 Å². The fourth-order valence-electron chi connectivity index (χ4n) is 2.27. The molecule has 0 aliphatic heterocycles.